The van der Waals surface area contributed by atoms with Crippen LogP contribution in [0.5, 0.6) is 0 Å². The molecule has 0 aliphatic heterocycles. The van der Waals surface area contributed by atoms with Crippen LogP contribution in [0.15, 0.2) is 18.3 Å². The van der Waals surface area contributed by atoms with E-state index in [0.717, 1.165) is 24.9 Å². The predicted octanol–water partition coefficient (Wildman–Crippen LogP) is 1.40. The second-order valence-corrected chi connectivity index (χ2v) is 4.47. The van der Waals surface area contributed by atoms with E-state index >= 15 is 0 Å². The fraction of sp³-hybridized carbons (Fsp3) is 0.583. The van der Waals surface area contributed by atoms with Crippen molar-refractivity contribution in [3.8, 4) is 0 Å². The lowest BCUT2D eigenvalue weighted by Crippen LogP contribution is -2.43. The Morgan fingerprint density at radius 2 is 2.12 bits per heavy atom. The van der Waals surface area contributed by atoms with Crippen molar-refractivity contribution in [2.45, 2.75) is 37.8 Å². The van der Waals surface area contributed by atoms with Gasteiger partial charge >= 0.3 is 0 Å². The predicted molar refractivity (Wildman–Crippen MR) is 65.3 cm³/mol. The minimum Gasteiger partial charge on any atom is -0.391 e. The quantitative estimate of drug-likeness (QED) is 0.792. The fourth-order valence-corrected chi connectivity index (χ4v) is 2.34. The number of anilines is 2. The van der Waals surface area contributed by atoms with Crippen LogP contribution in [0.4, 0.5) is 11.5 Å². The zero-order valence-corrected chi connectivity index (χ0v) is 9.63. The van der Waals surface area contributed by atoms with Crippen molar-refractivity contribution in [1.82, 2.24) is 4.98 Å². The lowest BCUT2D eigenvalue weighted by molar-refractivity contribution is 0.106. The summed E-state index contributed by atoms with van der Waals surface area (Å²) in [4.78, 5) is 6.18. The van der Waals surface area contributed by atoms with Crippen molar-refractivity contribution in [2.75, 3.05) is 17.7 Å². The number of aliphatic hydroxyl groups excluding tert-OH is 1. The van der Waals surface area contributed by atoms with Crippen LogP contribution in [0.1, 0.15) is 25.7 Å². The summed E-state index contributed by atoms with van der Waals surface area (Å²) in [7, 11) is 2.01. The van der Waals surface area contributed by atoms with Crippen molar-refractivity contribution < 1.29 is 5.11 Å². The van der Waals surface area contributed by atoms with E-state index in [1.165, 1.54) is 6.42 Å². The second-order valence-electron chi connectivity index (χ2n) is 4.47. The number of nitrogens with two attached hydrogens (primary N) is 1. The summed E-state index contributed by atoms with van der Waals surface area (Å²) in [6.07, 6.45) is 5.80. The molecule has 88 valence electrons. The van der Waals surface area contributed by atoms with Gasteiger partial charge in [0.1, 0.15) is 5.82 Å². The van der Waals surface area contributed by atoms with Crippen LogP contribution in [0.2, 0.25) is 0 Å². The first-order valence-electron chi connectivity index (χ1n) is 5.81. The minimum absolute atomic E-state index is 0.208. The van der Waals surface area contributed by atoms with Crippen LogP contribution in [0.25, 0.3) is 0 Å². The topological polar surface area (TPSA) is 62.4 Å². The fourth-order valence-electron chi connectivity index (χ4n) is 2.34. The third-order valence-corrected chi connectivity index (χ3v) is 3.37. The van der Waals surface area contributed by atoms with Crippen molar-refractivity contribution >= 4 is 11.5 Å². The van der Waals surface area contributed by atoms with Crippen molar-refractivity contribution in [2.24, 2.45) is 0 Å². The van der Waals surface area contributed by atoms with Gasteiger partial charge in [-0.1, -0.05) is 12.8 Å². The van der Waals surface area contributed by atoms with Gasteiger partial charge in [-0.05, 0) is 25.0 Å². The maximum Gasteiger partial charge on any atom is 0.123 e. The number of hydrogen-bond donors (Lipinski definition) is 2. The highest BCUT2D eigenvalue weighted by Crippen LogP contribution is 2.26. The molecular weight excluding hydrogens is 202 g/mol. The smallest absolute Gasteiger partial charge is 0.123 e. The van der Waals surface area contributed by atoms with E-state index in [0.29, 0.717) is 5.82 Å². The van der Waals surface area contributed by atoms with Crippen LogP contribution < -0.4 is 10.6 Å². The molecule has 16 heavy (non-hydrogen) atoms. The Labute approximate surface area is 96.1 Å². The summed E-state index contributed by atoms with van der Waals surface area (Å²) in [6.45, 7) is 0. The zero-order chi connectivity index (χ0) is 11.5. The highest BCUT2D eigenvalue weighted by molar-refractivity contribution is 5.48. The molecule has 1 aliphatic carbocycles. The summed E-state index contributed by atoms with van der Waals surface area (Å²) in [5.74, 6) is 0.529. The highest BCUT2D eigenvalue weighted by Gasteiger charge is 2.26. The van der Waals surface area contributed by atoms with Gasteiger partial charge in [0, 0.05) is 7.05 Å². The highest BCUT2D eigenvalue weighted by atomic mass is 16.3. The van der Waals surface area contributed by atoms with E-state index in [-0.39, 0.29) is 12.1 Å². The first-order chi connectivity index (χ1) is 7.68. The van der Waals surface area contributed by atoms with Gasteiger partial charge in [-0.3, -0.25) is 0 Å². The molecule has 0 amide bonds. The summed E-state index contributed by atoms with van der Waals surface area (Å²) in [5, 5.41) is 9.97. The van der Waals surface area contributed by atoms with Crippen LogP contribution in [-0.4, -0.2) is 29.3 Å². The molecule has 0 radical (unpaired) electrons. The number of pyridine rings is 1. The van der Waals surface area contributed by atoms with Crippen molar-refractivity contribution in [1.29, 1.82) is 0 Å². The van der Waals surface area contributed by atoms with E-state index in [9.17, 15) is 5.11 Å². The minimum atomic E-state index is -0.226. The van der Waals surface area contributed by atoms with Crippen LogP contribution >= 0.6 is 0 Å². The lowest BCUT2D eigenvalue weighted by atomic mass is 9.91. The molecule has 1 aromatic rings. The molecule has 2 rings (SSSR count). The molecule has 2 unspecified atom stereocenters. The Morgan fingerprint density at radius 1 is 1.38 bits per heavy atom. The second kappa shape index (κ2) is 4.70. The Bertz CT molecular complexity index is 339. The van der Waals surface area contributed by atoms with E-state index in [4.69, 9.17) is 5.73 Å². The van der Waals surface area contributed by atoms with Gasteiger partial charge in [0.05, 0.1) is 24.0 Å². The molecular formula is C12H19N3O. The molecule has 3 N–H and O–H groups in total. The molecule has 0 saturated heterocycles. The van der Waals surface area contributed by atoms with Crippen molar-refractivity contribution in [3.63, 3.8) is 0 Å². The molecule has 4 heteroatoms. The Morgan fingerprint density at radius 3 is 2.75 bits per heavy atom. The van der Waals surface area contributed by atoms with E-state index in [2.05, 4.69) is 9.88 Å². The summed E-state index contributed by atoms with van der Waals surface area (Å²) >= 11 is 0. The Hall–Kier alpha value is -1.29. The Balaban J connectivity index is 2.11. The average molecular weight is 221 g/mol. The van der Waals surface area contributed by atoms with Crippen LogP contribution in [0.3, 0.4) is 0 Å². The molecule has 0 bridgehead atoms. The van der Waals surface area contributed by atoms with Gasteiger partial charge in [0.15, 0.2) is 0 Å². The molecule has 1 heterocycles. The third kappa shape index (κ3) is 2.27. The van der Waals surface area contributed by atoms with E-state index in [1.807, 2.05) is 13.1 Å². The molecule has 1 aliphatic rings. The average Bonchev–Trinajstić information content (AvgIpc) is 2.30. The van der Waals surface area contributed by atoms with Gasteiger partial charge in [0.2, 0.25) is 0 Å². The number of aromatic nitrogens is 1. The normalized spacial score (nSPS) is 25.4. The maximum absolute atomic E-state index is 9.97. The molecule has 0 aromatic carbocycles. The first-order valence-corrected chi connectivity index (χ1v) is 5.81. The molecule has 1 fully saturated rings. The summed E-state index contributed by atoms with van der Waals surface area (Å²) in [6, 6.07) is 3.95. The Kier molecular flexibility index (Phi) is 3.29. The molecule has 4 nitrogen and oxygen atoms in total. The molecule has 0 spiro atoms. The van der Waals surface area contributed by atoms with Crippen molar-refractivity contribution in [3.05, 3.63) is 18.3 Å². The zero-order valence-electron chi connectivity index (χ0n) is 9.63. The third-order valence-electron chi connectivity index (χ3n) is 3.37. The number of nitrogen functional groups attached to an aromatic ring is 1. The summed E-state index contributed by atoms with van der Waals surface area (Å²) < 4.78 is 0. The van der Waals surface area contributed by atoms with Gasteiger partial charge in [-0.2, -0.15) is 0 Å². The van der Waals surface area contributed by atoms with E-state index < -0.39 is 0 Å². The van der Waals surface area contributed by atoms with Crippen LogP contribution in [-0.2, 0) is 0 Å². The van der Waals surface area contributed by atoms with Gasteiger partial charge in [-0.25, -0.2) is 4.98 Å². The summed E-state index contributed by atoms with van der Waals surface area (Å²) in [5.41, 5.74) is 6.57. The lowest BCUT2D eigenvalue weighted by Gasteiger charge is -2.36. The van der Waals surface area contributed by atoms with Gasteiger partial charge in [-0.15, -0.1) is 0 Å². The molecule has 2 atom stereocenters. The van der Waals surface area contributed by atoms with Crippen LogP contribution in [0, 0.1) is 0 Å². The monoisotopic (exact) mass is 221 g/mol. The molecule has 1 saturated carbocycles. The number of hydrogen-bond acceptors (Lipinski definition) is 4. The number of nitrogens with zero attached hydrogens (tertiary/aromatic N) is 2. The van der Waals surface area contributed by atoms with Gasteiger partial charge < -0.3 is 15.7 Å². The number of rotatable bonds is 2. The van der Waals surface area contributed by atoms with Gasteiger partial charge in [0.25, 0.3) is 0 Å². The number of aliphatic hydroxyl groups is 1. The molecule has 1 aromatic heterocycles. The first kappa shape index (κ1) is 11.2. The SMILES string of the molecule is CN(c1ccc(N)nc1)C1CCCCC1O. The van der Waals surface area contributed by atoms with E-state index in [1.54, 1.807) is 12.3 Å². The standard InChI is InChI=1S/C12H19N3O/c1-15(9-6-7-12(13)14-8-9)10-4-2-3-5-11(10)16/h6-8,10-11,16H,2-5H2,1H3,(H2,13,14). The largest absolute Gasteiger partial charge is 0.391 e. The maximum atomic E-state index is 9.97. The number of likely N-dealkylation sites (N-methyl/N-ethyl adjacent to an activating group) is 1.